The molecule has 0 heterocycles. The summed E-state index contributed by atoms with van der Waals surface area (Å²) >= 11 is 0. The van der Waals surface area contributed by atoms with Gasteiger partial charge in [-0.15, -0.1) is 6.58 Å². The van der Waals surface area contributed by atoms with Crippen LogP contribution < -0.4 is 14.8 Å². The Morgan fingerprint density at radius 3 is 2.44 bits per heavy atom. The first-order valence-electron chi connectivity index (χ1n) is 6.21. The first kappa shape index (κ1) is 14.6. The van der Waals surface area contributed by atoms with Crippen molar-refractivity contribution in [2.45, 2.75) is 32.4 Å². The Hall–Kier alpha value is -1.48. The molecule has 0 amide bonds. The van der Waals surface area contributed by atoms with Crippen molar-refractivity contribution in [3.63, 3.8) is 0 Å². The van der Waals surface area contributed by atoms with Crippen LogP contribution >= 0.6 is 0 Å². The molecule has 1 aromatic carbocycles. The predicted molar refractivity (Wildman–Crippen MR) is 75.4 cm³/mol. The summed E-state index contributed by atoms with van der Waals surface area (Å²) < 4.78 is 10.5. The van der Waals surface area contributed by atoms with Crippen LogP contribution in [-0.4, -0.2) is 20.3 Å². The fraction of sp³-hybridized carbons (Fsp3) is 0.467. The van der Waals surface area contributed by atoms with Gasteiger partial charge in [-0.25, -0.2) is 0 Å². The quantitative estimate of drug-likeness (QED) is 0.752. The Morgan fingerprint density at radius 2 is 1.89 bits per heavy atom. The summed E-state index contributed by atoms with van der Waals surface area (Å²) in [5.41, 5.74) is 1.18. The molecule has 0 aliphatic heterocycles. The standard InChI is InChI=1S/C15H23NO2/c1-6-7-11(2)16-12(3)13-8-9-14(17-4)15(10-13)18-5/h6,8-12,16H,1,7H2,2-5H3. The van der Waals surface area contributed by atoms with Crippen molar-refractivity contribution in [2.24, 2.45) is 0 Å². The van der Waals surface area contributed by atoms with Gasteiger partial charge in [0.15, 0.2) is 11.5 Å². The van der Waals surface area contributed by atoms with E-state index < -0.39 is 0 Å². The second kappa shape index (κ2) is 7.07. The maximum Gasteiger partial charge on any atom is 0.161 e. The van der Waals surface area contributed by atoms with E-state index in [4.69, 9.17) is 9.47 Å². The molecule has 3 nitrogen and oxygen atoms in total. The van der Waals surface area contributed by atoms with Gasteiger partial charge in [-0.05, 0) is 38.0 Å². The van der Waals surface area contributed by atoms with Gasteiger partial charge in [-0.2, -0.15) is 0 Å². The summed E-state index contributed by atoms with van der Waals surface area (Å²) in [6, 6.07) is 6.67. The van der Waals surface area contributed by atoms with Crippen LogP contribution in [0.25, 0.3) is 0 Å². The van der Waals surface area contributed by atoms with E-state index in [1.807, 2.05) is 18.2 Å². The zero-order valence-corrected chi connectivity index (χ0v) is 11.7. The Kier molecular flexibility index (Phi) is 5.72. The van der Waals surface area contributed by atoms with E-state index in [1.54, 1.807) is 14.2 Å². The normalized spacial score (nSPS) is 13.8. The predicted octanol–water partition coefficient (Wildman–Crippen LogP) is 3.32. The lowest BCUT2D eigenvalue weighted by Crippen LogP contribution is -2.28. The molecule has 0 radical (unpaired) electrons. The highest BCUT2D eigenvalue weighted by atomic mass is 16.5. The van der Waals surface area contributed by atoms with Crippen LogP contribution in [0.5, 0.6) is 11.5 Å². The Labute approximate surface area is 110 Å². The van der Waals surface area contributed by atoms with Crippen molar-refractivity contribution < 1.29 is 9.47 Å². The van der Waals surface area contributed by atoms with Gasteiger partial charge in [0.2, 0.25) is 0 Å². The summed E-state index contributed by atoms with van der Waals surface area (Å²) in [5, 5.41) is 3.52. The molecule has 1 aromatic rings. The van der Waals surface area contributed by atoms with Gasteiger partial charge >= 0.3 is 0 Å². The SMILES string of the molecule is C=CCC(C)NC(C)c1ccc(OC)c(OC)c1. The summed E-state index contributed by atoms with van der Waals surface area (Å²) in [5.74, 6) is 1.52. The van der Waals surface area contributed by atoms with E-state index in [0.717, 1.165) is 17.9 Å². The Morgan fingerprint density at radius 1 is 1.22 bits per heavy atom. The third-order valence-corrected chi connectivity index (χ3v) is 2.96. The van der Waals surface area contributed by atoms with Gasteiger partial charge in [0.1, 0.15) is 0 Å². The third-order valence-electron chi connectivity index (χ3n) is 2.96. The molecule has 2 atom stereocenters. The summed E-state index contributed by atoms with van der Waals surface area (Å²) in [6.45, 7) is 8.05. The molecular formula is C15H23NO2. The highest BCUT2D eigenvalue weighted by Crippen LogP contribution is 2.29. The number of nitrogens with one attached hydrogen (secondary N) is 1. The molecule has 0 aromatic heterocycles. The van der Waals surface area contributed by atoms with Gasteiger partial charge < -0.3 is 14.8 Å². The van der Waals surface area contributed by atoms with Gasteiger partial charge in [-0.1, -0.05) is 12.1 Å². The second-order valence-corrected chi connectivity index (χ2v) is 4.43. The van der Waals surface area contributed by atoms with Crippen LogP contribution in [0.3, 0.4) is 0 Å². The van der Waals surface area contributed by atoms with E-state index in [2.05, 4.69) is 31.8 Å². The van der Waals surface area contributed by atoms with E-state index in [9.17, 15) is 0 Å². The van der Waals surface area contributed by atoms with Gasteiger partial charge in [0.05, 0.1) is 14.2 Å². The van der Waals surface area contributed by atoms with Gasteiger partial charge in [-0.3, -0.25) is 0 Å². The first-order chi connectivity index (χ1) is 8.62. The largest absolute Gasteiger partial charge is 0.493 e. The number of benzene rings is 1. The lowest BCUT2D eigenvalue weighted by Gasteiger charge is -2.20. The smallest absolute Gasteiger partial charge is 0.161 e. The van der Waals surface area contributed by atoms with Crippen molar-refractivity contribution in [1.82, 2.24) is 5.32 Å². The maximum absolute atomic E-state index is 5.31. The van der Waals surface area contributed by atoms with Crippen LogP contribution in [0.2, 0.25) is 0 Å². The minimum Gasteiger partial charge on any atom is -0.493 e. The first-order valence-corrected chi connectivity index (χ1v) is 6.21. The lowest BCUT2D eigenvalue weighted by molar-refractivity contribution is 0.353. The topological polar surface area (TPSA) is 30.5 Å². The van der Waals surface area contributed by atoms with Crippen molar-refractivity contribution in [2.75, 3.05) is 14.2 Å². The highest BCUT2D eigenvalue weighted by Gasteiger charge is 2.11. The molecule has 0 aliphatic carbocycles. The van der Waals surface area contributed by atoms with Crippen LogP contribution in [0.1, 0.15) is 31.9 Å². The number of rotatable bonds is 7. The van der Waals surface area contributed by atoms with Gasteiger partial charge in [0.25, 0.3) is 0 Å². The van der Waals surface area contributed by atoms with E-state index in [1.165, 1.54) is 5.56 Å². The summed E-state index contributed by atoms with van der Waals surface area (Å²) in [6.07, 6.45) is 2.89. The fourth-order valence-corrected chi connectivity index (χ4v) is 1.96. The molecule has 3 heteroatoms. The molecule has 0 aliphatic rings. The van der Waals surface area contributed by atoms with Crippen LogP contribution in [0.15, 0.2) is 30.9 Å². The zero-order valence-electron chi connectivity index (χ0n) is 11.7. The van der Waals surface area contributed by atoms with Crippen LogP contribution in [0.4, 0.5) is 0 Å². The number of ether oxygens (including phenoxy) is 2. The van der Waals surface area contributed by atoms with Crippen LogP contribution in [0, 0.1) is 0 Å². The molecule has 18 heavy (non-hydrogen) atoms. The minimum atomic E-state index is 0.264. The molecule has 100 valence electrons. The third kappa shape index (κ3) is 3.77. The monoisotopic (exact) mass is 249 g/mol. The summed E-state index contributed by atoms with van der Waals surface area (Å²) in [4.78, 5) is 0. The molecule has 0 bridgehead atoms. The average molecular weight is 249 g/mol. The maximum atomic E-state index is 5.31. The van der Waals surface area contributed by atoms with Crippen molar-refractivity contribution in [3.8, 4) is 11.5 Å². The Balaban J connectivity index is 2.79. The molecule has 2 unspecified atom stereocenters. The zero-order chi connectivity index (χ0) is 13.5. The molecule has 0 fully saturated rings. The molecule has 0 saturated carbocycles. The second-order valence-electron chi connectivity index (χ2n) is 4.43. The summed E-state index contributed by atoms with van der Waals surface area (Å²) in [7, 11) is 3.30. The number of hydrogen-bond acceptors (Lipinski definition) is 3. The number of methoxy groups -OCH3 is 2. The van der Waals surface area contributed by atoms with Crippen LogP contribution in [-0.2, 0) is 0 Å². The van der Waals surface area contributed by atoms with Crippen molar-refractivity contribution >= 4 is 0 Å². The molecule has 0 saturated heterocycles. The Bertz CT molecular complexity index is 390. The van der Waals surface area contributed by atoms with E-state index >= 15 is 0 Å². The molecular weight excluding hydrogens is 226 g/mol. The molecule has 0 spiro atoms. The minimum absolute atomic E-state index is 0.264. The van der Waals surface area contributed by atoms with Gasteiger partial charge in [0, 0.05) is 12.1 Å². The number of hydrogen-bond donors (Lipinski definition) is 1. The highest BCUT2D eigenvalue weighted by molar-refractivity contribution is 5.43. The van der Waals surface area contributed by atoms with Crippen molar-refractivity contribution in [3.05, 3.63) is 36.4 Å². The van der Waals surface area contributed by atoms with Crippen molar-refractivity contribution in [1.29, 1.82) is 0 Å². The molecule has 1 N–H and O–H groups in total. The molecule has 1 rings (SSSR count). The average Bonchev–Trinajstić information content (AvgIpc) is 2.38. The lowest BCUT2D eigenvalue weighted by atomic mass is 10.1. The van der Waals surface area contributed by atoms with E-state index in [-0.39, 0.29) is 6.04 Å². The van der Waals surface area contributed by atoms with E-state index in [0.29, 0.717) is 6.04 Å². The fourth-order valence-electron chi connectivity index (χ4n) is 1.96.